The summed E-state index contributed by atoms with van der Waals surface area (Å²) in [5, 5.41) is 2.75. The van der Waals surface area contributed by atoms with Gasteiger partial charge < -0.3 is 24.3 Å². The summed E-state index contributed by atoms with van der Waals surface area (Å²) in [5.74, 6) is -2.73. The predicted octanol–water partition coefficient (Wildman–Crippen LogP) is 2.29. The molecule has 2 aliphatic carbocycles. The lowest BCUT2D eigenvalue weighted by atomic mass is 10.0. The summed E-state index contributed by atoms with van der Waals surface area (Å²) < 4.78 is 40.7. The van der Waals surface area contributed by atoms with Crippen LogP contribution in [0.15, 0.2) is 29.2 Å². The van der Waals surface area contributed by atoms with E-state index in [4.69, 9.17) is 9.47 Å². The van der Waals surface area contributed by atoms with Crippen LogP contribution < -0.4 is 15.5 Å². The Balaban J connectivity index is 1.36. The van der Waals surface area contributed by atoms with Gasteiger partial charge in [-0.1, -0.05) is 6.07 Å². The van der Waals surface area contributed by atoms with E-state index in [-0.39, 0.29) is 47.2 Å². The van der Waals surface area contributed by atoms with Gasteiger partial charge in [0.05, 0.1) is 25.3 Å². The Bertz CT molecular complexity index is 1290. The maximum absolute atomic E-state index is 14.4. The SMILES string of the molecule is COc1c2n(cc(C(=O)NC3(c4ccc(F)cc4F)CC3)c1=O)CC1O[C@@H]3CCC(C3)N1C2=O. The van der Waals surface area contributed by atoms with E-state index in [0.717, 1.165) is 31.4 Å². The molecule has 1 aromatic heterocycles. The van der Waals surface area contributed by atoms with Gasteiger partial charge in [0.2, 0.25) is 5.43 Å². The highest BCUT2D eigenvalue weighted by Gasteiger charge is 2.50. The number of ether oxygens (including phenoxy) is 2. The van der Waals surface area contributed by atoms with Gasteiger partial charge in [-0.05, 0) is 38.2 Å². The molecule has 1 N–H and O–H groups in total. The number of aromatic nitrogens is 1. The largest absolute Gasteiger partial charge is 0.491 e. The summed E-state index contributed by atoms with van der Waals surface area (Å²) in [5.41, 5.74) is -1.66. The van der Waals surface area contributed by atoms with Crippen molar-refractivity contribution < 1.29 is 27.8 Å². The minimum Gasteiger partial charge on any atom is -0.491 e. The second-order valence-corrected chi connectivity index (χ2v) is 9.46. The van der Waals surface area contributed by atoms with Crippen molar-refractivity contribution in [2.45, 2.75) is 62.6 Å². The van der Waals surface area contributed by atoms with Crippen LogP contribution in [0, 0.1) is 11.6 Å². The number of rotatable bonds is 4. The van der Waals surface area contributed by atoms with Crippen LogP contribution in [0.4, 0.5) is 8.78 Å². The zero-order valence-corrected chi connectivity index (χ0v) is 18.5. The molecule has 2 aliphatic heterocycles. The molecule has 2 bridgehead atoms. The Morgan fingerprint density at radius 3 is 2.74 bits per heavy atom. The number of hydrogen-bond donors (Lipinski definition) is 1. The molecular weight excluding hydrogens is 448 g/mol. The topological polar surface area (TPSA) is 89.9 Å². The number of carbonyl (C=O) groups is 2. The minimum atomic E-state index is -1.01. The van der Waals surface area contributed by atoms with Crippen LogP contribution in [-0.4, -0.2) is 46.8 Å². The zero-order valence-electron chi connectivity index (χ0n) is 18.5. The molecule has 1 saturated heterocycles. The predicted molar refractivity (Wildman–Crippen MR) is 114 cm³/mol. The first-order valence-corrected chi connectivity index (χ1v) is 11.4. The van der Waals surface area contributed by atoms with E-state index in [2.05, 4.69) is 5.32 Å². The number of pyridine rings is 1. The Morgan fingerprint density at radius 1 is 1.24 bits per heavy atom. The van der Waals surface area contributed by atoms with E-state index in [1.165, 1.54) is 19.4 Å². The maximum Gasteiger partial charge on any atom is 0.276 e. The average Bonchev–Trinajstić information content (AvgIpc) is 3.47. The number of nitrogens with zero attached hydrogens (tertiary/aromatic N) is 2. The molecule has 178 valence electrons. The van der Waals surface area contributed by atoms with Gasteiger partial charge in [-0.3, -0.25) is 14.4 Å². The van der Waals surface area contributed by atoms with Crippen LogP contribution in [0.2, 0.25) is 0 Å². The number of hydrogen-bond acceptors (Lipinski definition) is 5. The smallest absolute Gasteiger partial charge is 0.276 e. The quantitative estimate of drug-likeness (QED) is 0.739. The van der Waals surface area contributed by atoms with Crippen molar-refractivity contribution in [3.8, 4) is 5.75 Å². The van der Waals surface area contributed by atoms with Crippen LogP contribution in [0.5, 0.6) is 5.75 Å². The van der Waals surface area contributed by atoms with Crippen molar-refractivity contribution >= 4 is 11.8 Å². The molecule has 0 spiro atoms. The molecule has 3 fully saturated rings. The van der Waals surface area contributed by atoms with E-state index in [0.29, 0.717) is 12.8 Å². The van der Waals surface area contributed by atoms with Gasteiger partial charge in [0.15, 0.2) is 17.7 Å². The molecular formula is C24H23F2N3O5. The molecule has 34 heavy (non-hydrogen) atoms. The molecule has 2 saturated carbocycles. The fraction of sp³-hybridized carbons (Fsp3) is 0.458. The molecule has 0 radical (unpaired) electrons. The molecule has 6 rings (SSSR count). The average molecular weight is 471 g/mol. The minimum absolute atomic E-state index is 0.0631. The first kappa shape index (κ1) is 21.3. The maximum atomic E-state index is 14.4. The van der Waals surface area contributed by atoms with Crippen molar-refractivity contribution in [3.63, 3.8) is 0 Å². The normalized spacial score (nSPS) is 26.0. The van der Waals surface area contributed by atoms with Gasteiger partial charge in [-0.2, -0.15) is 0 Å². The summed E-state index contributed by atoms with van der Waals surface area (Å²) in [4.78, 5) is 41.5. The highest BCUT2D eigenvalue weighted by molar-refractivity contribution is 5.99. The monoisotopic (exact) mass is 471 g/mol. The van der Waals surface area contributed by atoms with Crippen molar-refractivity contribution in [3.05, 3.63) is 63.1 Å². The molecule has 2 amide bonds. The highest BCUT2D eigenvalue weighted by Crippen LogP contribution is 2.47. The summed E-state index contributed by atoms with van der Waals surface area (Å²) in [7, 11) is 1.28. The van der Waals surface area contributed by atoms with Gasteiger partial charge in [-0.25, -0.2) is 8.78 Å². The summed E-state index contributed by atoms with van der Waals surface area (Å²) in [6.07, 6.45) is 4.39. The van der Waals surface area contributed by atoms with Gasteiger partial charge in [0.25, 0.3) is 11.8 Å². The van der Waals surface area contributed by atoms with Crippen molar-refractivity contribution in [2.24, 2.45) is 0 Å². The van der Waals surface area contributed by atoms with E-state index in [1.807, 2.05) is 0 Å². The third-order valence-electron chi connectivity index (χ3n) is 7.44. The van der Waals surface area contributed by atoms with Crippen LogP contribution in [0.25, 0.3) is 0 Å². The van der Waals surface area contributed by atoms with Crippen molar-refractivity contribution in [1.29, 1.82) is 0 Å². The van der Waals surface area contributed by atoms with Crippen LogP contribution in [0.1, 0.15) is 58.5 Å². The molecule has 10 heteroatoms. The molecule has 3 heterocycles. The third kappa shape index (κ3) is 3.08. The first-order chi connectivity index (χ1) is 16.3. The van der Waals surface area contributed by atoms with E-state index < -0.39 is 34.7 Å². The van der Waals surface area contributed by atoms with Gasteiger partial charge >= 0.3 is 0 Å². The van der Waals surface area contributed by atoms with Gasteiger partial charge in [-0.15, -0.1) is 0 Å². The molecule has 3 atom stereocenters. The lowest BCUT2D eigenvalue weighted by Crippen LogP contribution is -2.57. The number of carbonyl (C=O) groups excluding carboxylic acids is 2. The fourth-order valence-electron chi connectivity index (χ4n) is 5.64. The Kier molecular flexibility index (Phi) is 4.61. The van der Waals surface area contributed by atoms with E-state index in [9.17, 15) is 23.2 Å². The van der Waals surface area contributed by atoms with Crippen molar-refractivity contribution in [2.75, 3.05) is 7.11 Å². The lowest BCUT2D eigenvalue weighted by molar-refractivity contribution is -0.132. The van der Waals surface area contributed by atoms with E-state index >= 15 is 0 Å². The molecule has 8 nitrogen and oxygen atoms in total. The Morgan fingerprint density at radius 2 is 2.03 bits per heavy atom. The lowest BCUT2D eigenvalue weighted by Gasteiger charge is -2.44. The van der Waals surface area contributed by atoms with Crippen LogP contribution in [0.3, 0.4) is 0 Å². The van der Waals surface area contributed by atoms with Crippen molar-refractivity contribution in [1.82, 2.24) is 14.8 Å². The number of fused-ring (bicyclic) bond motifs is 5. The zero-order chi connectivity index (χ0) is 23.8. The summed E-state index contributed by atoms with van der Waals surface area (Å²) in [6, 6.07) is 3.27. The molecule has 1 aromatic carbocycles. The second-order valence-electron chi connectivity index (χ2n) is 9.46. The standard InChI is InChI=1S/C24H23F2N3O5/c1-33-21-19-23(32)29-13-3-4-14(9-13)34-18(29)11-28(19)10-15(20(21)30)22(31)27-24(6-7-24)16-5-2-12(25)8-17(16)26/h2,5,8,10,13-14,18H,3-4,6-7,9,11H2,1H3,(H,27,31)/t13?,14-,18?/m1/s1. The number of halogens is 2. The fourth-order valence-corrected chi connectivity index (χ4v) is 5.64. The number of nitrogens with one attached hydrogen (secondary N) is 1. The Hall–Kier alpha value is -3.27. The van der Waals surface area contributed by atoms with Gasteiger partial charge in [0, 0.05) is 23.9 Å². The number of benzene rings is 1. The number of methoxy groups -OCH3 is 1. The van der Waals surface area contributed by atoms with E-state index in [1.54, 1.807) is 9.47 Å². The molecule has 2 aromatic rings. The number of amides is 2. The Labute approximate surface area is 193 Å². The van der Waals surface area contributed by atoms with Crippen LogP contribution in [-0.2, 0) is 16.8 Å². The molecule has 4 aliphatic rings. The molecule has 2 unspecified atom stereocenters. The van der Waals surface area contributed by atoms with Gasteiger partial charge in [0.1, 0.15) is 17.2 Å². The summed E-state index contributed by atoms with van der Waals surface area (Å²) >= 11 is 0. The third-order valence-corrected chi connectivity index (χ3v) is 7.44. The van der Waals surface area contributed by atoms with Crippen LogP contribution >= 0.6 is 0 Å². The summed E-state index contributed by atoms with van der Waals surface area (Å²) in [6.45, 7) is 0.267. The first-order valence-electron chi connectivity index (χ1n) is 11.4. The second kappa shape index (κ2) is 7.36. The highest BCUT2D eigenvalue weighted by atomic mass is 19.1.